The minimum absolute atomic E-state index is 0.0502. The predicted octanol–water partition coefficient (Wildman–Crippen LogP) is 1.51. The molecule has 96 valence electrons. The summed E-state index contributed by atoms with van der Waals surface area (Å²) in [5.74, 6) is 0. The molecule has 1 aliphatic carbocycles. The van der Waals surface area contributed by atoms with E-state index in [2.05, 4.69) is 0 Å². The summed E-state index contributed by atoms with van der Waals surface area (Å²) >= 11 is 0. The smallest absolute Gasteiger partial charge is 0.290 e. The van der Waals surface area contributed by atoms with Crippen molar-refractivity contribution in [2.75, 3.05) is 12.8 Å². The van der Waals surface area contributed by atoms with Crippen molar-refractivity contribution >= 4 is 5.69 Å². The second-order valence-electron chi connectivity index (χ2n) is 4.60. The van der Waals surface area contributed by atoms with Gasteiger partial charge in [0.1, 0.15) is 5.69 Å². The normalized spacial score (nSPS) is 16.8. The van der Waals surface area contributed by atoms with Crippen LogP contribution in [0.15, 0.2) is 4.79 Å². The Hall–Kier alpha value is -1.23. The zero-order valence-corrected chi connectivity index (χ0v) is 10.6. The van der Waals surface area contributed by atoms with Crippen LogP contribution in [0.25, 0.3) is 0 Å². The first-order valence-electron chi connectivity index (χ1n) is 6.29. The minimum atomic E-state index is -0.0502. The molecule has 1 saturated carbocycles. The lowest BCUT2D eigenvalue weighted by molar-refractivity contribution is 0.174. The highest BCUT2D eigenvalue weighted by atomic mass is 16.5. The molecule has 0 atom stereocenters. The van der Waals surface area contributed by atoms with Crippen molar-refractivity contribution < 1.29 is 4.74 Å². The lowest BCUT2D eigenvalue weighted by Crippen LogP contribution is -2.27. The van der Waals surface area contributed by atoms with Crippen LogP contribution in [0.1, 0.15) is 44.3 Å². The van der Waals surface area contributed by atoms with Crippen molar-refractivity contribution in [1.82, 2.24) is 9.36 Å². The monoisotopic (exact) mass is 239 g/mol. The van der Waals surface area contributed by atoms with Gasteiger partial charge in [0.05, 0.1) is 18.3 Å². The number of hydrogen-bond acceptors (Lipinski definition) is 3. The molecule has 1 aromatic rings. The van der Waals surface area contributed by atoms with Crippen LogP contribution in [0, 0.1) is 0 Å². The molecule has 5 heteroatoms. The van der Waals surface area contributed by atoms with Gasteiger partial charge < -0.3 is 10.5 Å². The van der Waals surface area contributed by atoms with E-state index in [1.807, 2.05) is 16.3 Å². The third-order valence-electron chi connectivity index (χ3n) is 3.57. The van der Waals surface area contributed by atoms with Crippen LogP contribution < -0.4 is 11.3 Å². The maximum absolute atomic E-state index is 12.2. The molecule has 0 bridgehead atoms. The summed E-state index contributed by atoms with van der Waals surface area (Å²) in [6.45, 7) is 3.18. The van der Waals surface area contributed by atoms with E-state index < -0.39 is 0 Å². The van der Waals surface area contributed by atoms with Gasteiger partial charge >= 0.3 is 0 Å². The van der Waals surface area contributed by atoms with Crippen LogP contribution >= 0.6 is 0 Å². The Labute approximate surface area is 101 Å². The number of nitrogen functional groups attached to an aromatic ring is 1. The third-order valence-corrected chi connectivity index (χ3v) is 3.57. The van der Waals surface area contributed by atoms with Gasteiger partial charge in [0.25, 0.3) is 5.56 Å². The van der Waals surface area contributed by atoms with Crippen molar-refractivity contribution in [2.24, 2.45) is 0 Å². The molecule has 2 N–H and O–H groups in total. The molecule has 0 spiro atoms. The Balaban J connectivity index is 2.49. The maximum atomic E-state index is 12.2. The summed E-state index contributed by atoms with van der Waals surface area (Å²) in [5, 5.41) is 0. The number of methoxy groups -OCH3 is 1. The number of ether oxygens (including phenoxy) is 1. The van der Waals surface area contributed by atoms with Gasteiger partial charge in [-0.05, 0) is 19.8 Å². The fourth-order valence-corrected chi connectivity index (χ4v) is 2.77. The summed E-state index contributed by atoms with van der Waals surface area (Å²) in [4.78, 5) is 12.2. The van der Waals surface area contributed by atoms with Crippen molar-refractivity contribution in [3.8, 4) is 0 Å². The second kappa shape index (κ2) is 4.96. The van der Waals surface area contributed by atoms with Crippen molar-refractivity contribution in [3.63, 3.8) is 0 Å². The van der Waals surface area contributed by atoms with Crippen LogP contribution in [0.4, 0.5) is 5.69 Å². The maximum Gasteiger partial charge on any atom is 0.290 e. The summed E-state index contributed by atoms with van der Waals surface area (Å²) < 4.78 is 8.96. The molecule has 2 rings (SSSR count). The largest absolute Gasteiger partial charge is 0.393 e. The highest BCUT2D eigenvalue weighted by Gasteiger charge is 2.25. The Morgan fingerprint density at radius 3 is 2.59 bits per heavy atom. The molecule has 0 aromatic carbocycles. The molecule has 1 aliphatic rings. The zero-order chi connectivity index (χ0) is 12.4. The van der Waals surface area contributed by atoms with Crippen LogP contribution in [-0.2, 0) is 17.9 Å². The number of nitrogens with zero attached hydrogens (tertiary/aromatic N) is 2. The zero-order valence-electron chi connectivity index (χ0n) is 10.6. The minimum Gasteiger partial charge on any atom is -0.393 e. The molecular formula is C12H21N3O2. The van der Waals surface area contributed by atoms with Gasteiger partial charge in [-0.15, -0.1) is 0 Å². The van der Waals surface area contributed by atoms with E-state index in [0.29, 0.717) is 18.3 Å². The first-order chi connectivity index (χ1) is 8.20. The molecule has 5 nitrogen and oxygen atoms in total. The first-order valence-corrected chi connectivity index (χ1v) is 6.29. The number of aromatic nitrogens is 2. The first kappa shape index (κ1) is 12.2. The fourth-order valence-electron chi connectivity index (χ4n) is 2.77. The highest BCUT2D eigenvalue weighted by molar-refractivity contribution is 5.41. The summed E-state index contributed by atoms with van der Waals surface area (Å²) in [6.07, 6.45) is 4.56. The number of rotatable bonds is 4. The number of nitrogens with two attached hydrogens (primary N) is 1. The van der Waals surface area contributed by atoms with Gasteiger partial charge in [-0.1, -0.05) is 12.8 Å². The average Bonchev–Trinajstić information content (AvgIpc) is 2.91. The van der Waals surface area contributed by atoms with Crippen molar-refractivity contribution in [3.05, 3.63) is 16.0 Å². The Bertz CT molecular complexity index is 441. The van der Waals surface area contributed by atoms with Gasteiger partial charge in [-0.3, -0.25) is 9.48 Å². The Morgan fingerprint density at radius 1 is 1.41 bits per heavy atom. The van der Waals surface area contributed by atoms with E-state index in [4.69, 9.17) is 10.5 Å². The molecule has 0 saturated heterocycles. The van der Waals surface area contributed by atoms with E-state index in [1.54, 1.807) is 7.11 Å². The van der Waals surface area contributed by atoms with Crippen molar-refractivity contribution in [1.29, 1.82) is 0 Å². The molecule has 0 amide bonds. The lowest BCUT2D eigenvalue weighted by Gasteiger charge is -2.17. The fraction of sp³-hybridized carbons (Fsp3) is 0.750. The molecule has 17 heavy (non-hydrogen) atoms. The summed E-state index contributed by atoms with van der Waals surface area (Å²) in [7, 11) is 1.62. The molecule has 1 aromatic heterocycles. The van der Waals surface area contributed by atoms with Gasteiger partial charge in [0, 0.05) is 13.7 Å². The molecule has 1 fully saturated rings. The number of anilines is 1. The van der Waals surface area contributed by atoms with Gasteiger partial charge in [-0.25, -0.2) is 4.68 Å². The highest BCUT2D eigenvalue weighted by Crippen LogP contribution is 2.29. The van der Waals surface area contributed by atoms with E-state index in [1.165, 1.54) is 12.8 Å². The topological polar surface area (TPSA) is 62.2 Å². The van der Waals surface area contributed by atoms with Crippen LogP contribution in [0.5, 0.6) is 0 Å². The Kier molecular flexibility index (Phi) is 3.57. The van der Waals surface area contributed by atoms with Gasteiger partial charge in [0.15, 0.2) is 0 Å². The summed E-state index contributed by atoms with van der Waals surface area (Å²) in [5.41, 5.74) is 7.01. The molecule has 0 aliphatic heterocycles. The van der Waals surface area contributed by atoms with E-state index >= 15 is 0 Å². The number of hydrogen-bond donors (Lipinski definition) is 1. The third kappa shape index (κ3) is 1.99. The predicted molar refractivity (Wildman–Crippen MR) is 67.0 cm³/mol. The molecular weight excluding hydrogens is 218 g/mol. The molecule has 1 heterocycles. The molecule has 0 unspecified atom stereocenters. The van der Waals surface area contributed by atoms with E-state index in [0.717, 1.165) is 25.1 Å². The average molecular weight is 239 g/mol. The lowest BCUT2D eigenvalue weighted by atomic mass is 10.2. The SMILES string of the molecule is CCn1c(COC)c(N)c(=O)n1C1CCCC1. The Morgan fingerprint density at radius 2 is 2.06 bits per heavy atom. The van der Waals surface area contributed by atoms with Crippen LogP contribution in [-0.4, -0.2) is 16.5 Å². The quantitative estimate of drug-likeness (QED) is 0.866. The second-order valence-corrected chi connectivity index (χ2v) is 4.60. The van der Waals surface area contributed by atoms with E-state index in [9.17, 15) is 4.79 Å². The molecule has 0 radical (unpaired) electrons. The van der Waals surface area contributed by atoms with Crippen molar-refractivity contribution in [2.45, 2.75) is 51.8 Å². The van der Waals surface area contributed by atoms with E-state index in [-0.39, 0.29) is 5.56 Å². The van der Waals surface area contributed by atoms with Gasteiger partial charge in [-0.2, -0.15) is 0 Å². The summed E-state index contributed by atoms with van der Waals surface area (Å²) in [6, 6.07) is 0.315. The van der Waals surface area contributed by atoms with Crippen LogP contribution in [0.2, 0.25) is 0 Å². The van der Waals surface area contributed by atoms with Gasteiger partial charge in [0.2, 0.25) is 0 Å². The van der Waals surface area contributed by atoms with Crippen LogP contribution in [0.3, 0.4) is 0 Å². The standard InChI is InChI=1S/C12H21N3O2/c1-3-14-10(8-17-2)11(13)12(16)15(14)9-6-4-5-7-9/h9H,3-8,13H2,1-2H3.